The molecular weight excluding hydrogens is 326 g/mol. The van der Waals surface area contributed by atoms with Crippen LogP contribution in [0.15, 0.2) is 41.0 Å². The molecule has 0 bridgehead atoms. The number of hydrogen-bond donors (Lipinski definition) is 0. The summed E-state index contributed by atoms with van der Waals surface area (Å²) < 4.78 is 40.2. The average molecular weight is 340 g/mol. The van der Waals surface area contributed by atoms with Crippen LogP contribution >= 0.6 is 0 Å². The van der Waals surface area contributed by atoms with Crippen molar-refractivity contribution in [3.63, 3.8) is 0 Å². The first-order valence-corrected chi connectivity index (χ1v) is 7.18. The third-order valence-corrected chi connectivity index (χ3v) is 3.65. The molecule has 0 spiro atoms. The maximum atomic E-state index is 12.5. The molecule has 1 saturated heterocycles. The fourth-order valence-corrected chi connectivity index (χ4v) is 2.57. The van der Waals surface area contributed by atoms with Gasteiger partial charge >= 0.3 is 12.3 Å². The Hall–Kier alpha value is -2.68. The quantitative estimate of drug-likeness (QED) is 0.613. The van der Waals surface area contributed by atoms with Crippen molar-refractivity contribution in [2.75, 3.05) is 24.6 Å². The third kappa shape index (κ3) is 3.46. The lowest BCUT2D eigenvalue weighted by atomic mass is 10.2. The first-order valence-electron chi connectivity index (χ1n) is 7.18. The Morgan fingerprint density at radius 1 is 1.38 bits per heavy atom. The molecule has 2 aromatic rings. The molecule has 0 saturated carbocycles. The smallest absolute Gasteiger partial charge is 0.387 e. The van der Waals surface area contributed by atoms with Crippen molar-refractivity contribution in [3.05, 3.63) is 52.5 Å². The molecule has 3 rings (SSSR count). The van der Waals surface area contributed by atoms with E-state index in [1.807, 2.05) is 4.90 Å². The summed E-state index contributed by atoms with van der Waals surface area (Å²) in [7, 11) is 0. The molecule has 2 heterocycles. The highest BCUT2D eigenvalue weighted by Gasteiger charge is 2.26. The van der Waals surface area contributed by atoms with E-state index in [-0.39, 0.29) is 6.10 Å². The molecule has 0 aliphatic carbocycles. The van der Waals surface area contributed by atoms with Gasteiger partial charge in [0, 0.05) is 24.4 Å². The maximum Gasteiger partial charge on any atom is 0.387 e. The molecule has 7 nitrogen and oxygen atoms in total. The van der Waals surface area contributed by atoms with E-state index in [0.717, 1.165) is 6.07 Å². The first-order chi connectivity index (χ1) is 11.5. The largest absolute Gasteiger partial charge is 0.467 e. The van der Waals surface area contributed by atoms with E-state index in [1.54, 1.807) is 12.1 Å². The molecule has 1 fully saturated rings. The third-order valence-electron chi connectivity index (χ3n) is 3.65. The summed E-state index contributed by atoms with van der Waals surface area (Å²) in [6, 6.07) is 7.44. The molecule has 0 amide bonds. The van der Waals surface area contributed by atoms with Crippen molar-refractivity contribution in [1.82, 2.24) is 0 Å². The van der Waals surface area contributed by atoms with Gasteiger partial charge in [-0.3, -0.25) is 10.1 Å². The van der Waals surface area contributed by atoms with Gasteiger partial charge in [-0.2, -0.15) is 8.78 Å². The lowest BCUT2D eigenvalue weighted by Crippen LogP contribution is -2.38. The molecular formula is C15H14F2N2O5. The number of halogens is 2. The number of nitro benzene ring substituents is 1. The van der Waals surface area contributed by atoms with Gasteiger partial charge in [0.2, 0.25) is 5.75 Å². The first kappa shape index (κ1) is 16.2. The minimum Gasteiger partial charge on any atom is -0.467 e. The van der Waals surface area contributed by atoms with E-state index >= 15 is 0 Å². The fraction of sp³-hybridized carbons (Fsp3) is 0.333. The zero-order chi connectivity index (χ0) is 17.1. The SMILES string of the molecule is O=[N+]([O-])c1ccc(N2CCOC(c3ccco3)C2)cc1OC(F)F. The molecule has 1 aromatic heterocycles. The van der Waals surface area contributed by atoms with Gasteiger partial charge in [-0.25, -0.2) is 0 Å². The summed E-state index contributed by atoms with van der Waals surface area (Å²) in [4.78, 5) is 12.0. The van der Waals surface area contributed by atoms with E-state index < -0.39 is 23.0 Å². The van der Waals surface area contributed by atoms with Crippen LogP contribution in [0, 0.1) is 10.1 Å². The van der Waals surface area contributed by atoms with Gasteiger partial charge in [-0.05, 0) is 18.2 Å². The molecule has 1 aromatic carbocycles. The van der Waals surface area contributed by atoms with Crippen LogP contribution in [0.2, 0.25) is 0 Å². The predicted octanol–water partition coefficient (Wildman–Crippen LogP) is 3.37. The van der Waals surface area contributed by atoms with Crippen molar-refractivity contribution in [1.29, 1.82) is 0 Å². The van der Waals surface area contributed by atoms with Crippen molar-refractivity contribution < 1.29 is 27.6 Å². The number of hydrogen-bond acceptors (Lipinski definition) is 6. The number of nitrogens with zero attached hydrogens (tertiary/aromatic N) is 2. The number of ether oxygens (including phenoxy) is 2. The predicted molar refractivity (Wildman–Crippen MR) is 79.3 cm³/mol. The van der Waals surface area contributed by atoms with E-state index in [0.29, 0.717) is 31.1 Å². The van der Waals surface area contributed by atoms with Crippen LogP contribution < -0.4 is 9.64 Å². The van der Waals surface area contributed by atoms with Crippen molar-refractivity contribution in [2.24, 2.45) is 0 Å². The van der Waals surface area contributed by atoms with Crippen LogP contribution in [0.25, 0.3) is 0 Å². The number of nitro groups is 1. The van der Waals surface area contributed by atoms with Crippen LogP contribution in [0.3, 0.4) is 0 Å². The summed E-state index contributed by atoms with van der Waals surface area (Å²) in [5, 5.41) is 10.9. The maximum absolute atomic E-state index is 12.5. The summed E-state index contributed by atoms with van der Waals surface area (Å²) in [5.74, 6) is 0.194. The number of benzene rings is 1. The van der Waals surface area contributed by atoms with E-state index in [1.165, 1.54) is 18.4 Å². The van der Waals surface area contributed by atoms with Gasteiger partial charge in [0.05, 0.1) is 24.3 Å². The van der Waals surface area contributed by atoms with Crippen LogP contribution in [0.4, 0.5) is 20.2 Å². The van der Waals surface area contributed by atoms with Crippen molar-refractivity contribution >= 4 is 11.4 Å². The Morgan fingerprint density at radius 3 is 2.88 bits per heavy atom. The minimum atomic E-state index is -3.14. The van der Waals surface area contributed by atoms with Gasteiger partial charge in [-0.15, -0.1) is 0 Å². The topological polar surface area (TPSA) is 78.0 Å². The molecule has 1 aliphatic rings. The summed E-state index contributed by atoms with van der Waals surface area (Å²) >= 11 is 0. The highest BCUT2D eigenvalue weighted by molar-refractivity contribution is 5.59. The molecule has 1 atom stereocenters. The highest BCUT2D eigenvalue weighted by atomic mass is 19.3. The number of furan rings is 1. The Balaban J connectivity index is 1.84. The van der Waals surface area contributed by atoms with E-state index in [4.69, 9.17) is 9.15 Å². The van der Waals surface area contributed by atoms with Crippen molar-refractivity contribution in [3.8, 4) is 5.75 Å². The number of anilines is 1. The van der Waals surface area contributed by atoms with Crippen LogP contribution in [0.1, 0.15) is 11.9 Å². The summed E-state index contributed by atoms with van der Waals surface area (Å²) in [5.41, 5.74) is 0.0333. The Kier molecular flexibility index (Phi) is 4.61. The Morgan fingerprint density at radius 2 is 2.21 bits per heavy atom. The van der Waals surface area contributed by atoms with Gasteiger partial charge in [0.25, 0.3) is 0 Å². The molecule has 0 N–H and O–H groups in total. The minimum absolute atomic E-state index is 0.302. The molecule has 0 radical (unpaired) electrons. The lowest BCUT2D eigenvalue weighted by Gasteiger charge is -2.33. The lowest BCUT2D eigenvalue weighted by molar-refractivity contribution is -0.386. The normalized spacial score (nSPS) is 18.0. The fourth-order valence-electron chi connectivity index (χ4n) is 2.57. The Labute approximate surface area is 135 Å². The van der Waals surface area contributed by atoms with Crippen molar-refractivity contribution in [2.45, 2.75) is 12.7 Å². The monoisotopic (exact) mass is 340 g/mol. The molecule has 1 aliphatic heterocycles. The second-order valence-electron chi connectivity index (χ2n) is 5.11. The zero-order valence-electron chi connectivity index (χ0n) is 12.4. The number of morpholine rings is 1. The van der Waals surface area contributed by atoms with Crippen LogP contribution in [-0.2, 0) is 4.74 Å². The Bertz CT molecular complexity index is 708. The second kappa shape index (κ2) is 6.83. The highest BCUT2D eigenvalue weighted by Crippen LogP contribution is 2.34. The molecule has 24 heavy (non-hydrogen) atoms. The van der Waals surface area contributed by atoms with Gasteiger partial charge in [0.1, 0.15) is 11.9 Å². The molecule has 9 heteroatoms. The standard InChI is InChI=1S/C15H14F2N2O5/c16-15(17)24-13-8-10(3-4-11(13)19(20)21)18-5-7-23-14(9-18)12-2-1-6-22-12/h1-4,6,8,14-15H,5,7,9H2. The van der Waals surface area contributed by atoms with Gasteiger partial charge < -0.3 is 18.8 Å². The van der Waals surface area contributed by atoms with Crippen LogP contribution in [-0.4, -0.2) is 31.2 Å². The van der Waals surface area contributed by atoms with E-state index in [2.05, 4.69) is 4.74 Å². The zero-order valence-corrected chi connectivity index (χ0v) is 12.4. The number of alkyl halides is 2. The molecule has 1 unspecified atom stereocenters. The van der Waals surface area contributed by atoms with E-state index in [9.17, 15) is 18.9 Å². The van der Waals surface area contributed by atoms with Crippen LogP contribution in [0.5, 0.6) is 5.75 Å². The van der Waals surface area contributed by atoms with Gasteiger partial charge in [0.15, 0.2) is 0 Å². The summed E-state index contributed by atoms with van der Waals surface area (Å²) in [6.07, 6.45) is 1.24. The average Bonchev–Trinajstić information content (AvgIpc) is 3.08. The van der Waals surface area contributed by atoms with Gasteiger partial charge in [-0.1, -0.05) is 0 Å². The second-order valence-corrected chi connectivity index (χ2v) is 5.11. The molecule has 128 valence electrons. The summed E-state index contributed by atoms with van der Waals surface area (Å²) in [6.45, 7) is -1.78. The number of rotatable bonds is 5.